The summed E-state index contributed by atoms with van der Waals surface area (Å²) in [5.74, 6) is 2.16. The molecule has 1 aromatic heterocycles. The largest absolute Gasteiger partial charge is 0.492 e. The minimum Gasteiger partial charge on any atom is -0.492 e. The summed E-state index contributed by atoms with van der Waals surface area (Å²) in [4.78, 5) is 19.5. The second kappa shape index (κ2) is 7.30. The summed E-state index contributed by atoms with van der Waals surface area (Å²) < 4.78 is 8.14. The first-order valence-corrected chi connectivity index (χ1v) is 9.87. The van der Waals surface area contributed by atoms with Gasteiger partial charge in [-0.05, 0) is 45.0 Å². The van der Waals surface area contributed by atoms with Gasteiger partial charge in [0, 0.05) is 24.4 Å². The Morgan fingerprint density at radius 1 is 1.07 bits per heavy atom. The standard InChI is InChI=1S/C23H27N3O2/c1-23(2,3)26-16-17(15-21(26)27)22-24-19-11-7-8-12-20(19)25(22)13-14-28-18-9-5-4-6-10-18/h4-12,17H,13-16H2,1-3H3/t17-/m0/s1. The minimum atomic E-state index is -0.168. The number of amides is 1. The predicted octanol–water partition coefficient (Wildman–Crippen LogP) is 4.23. The third-order valence-electron chi connectivity index (χ3n) is 5.31. The maximum absolute atomic E-state index is 12.6. The molecule has 5 nitrogen and oxygen atoms in total. The fraction of sp³-hybridized carbons (Fsp3) is 0.391. The highest BCUT2D eigenvalue weighted by Crippen LogP contribution is 2.33. The molecule has 28 heavy (non-hydrogen) atoms. The van der Waals surface area contributed by atoms with E-state index in [9.17, 15) is 4.79 Å². The summed E-state index contributed by atoms with van der Waals surface area (Å²) in [6.07, 6.45) is 0.514. The van der Waals surface area contributed by atoms with E-state index < -0.39 is 0 Å². The minimum absolute atomic E-state index is 0.107. The molecule has 1 saturated heterocycles. The van der Waals surface area contributed by atoms with Gasteiger partial charge in [-0.15, -0.1) is 0 Å². The van der Waals surface area contributed by atoms with Crippen molar-refractivity contribution in [2.24, 2.45) is 0 Å². The summed E-state index contributed by atoms with van der Waals surface area (Å²) >= 11 is 0. The van der Waals surface area contributed by atoms with Crippen LogP contribution in [0.2, 0.25) is 0 Å². The lowest BCUT2D eigenvalue weighted by Gasteiger charge is -2.32. The smallest absolute Gasteiger partial charge is 0.223 e. The summed E-state index contributed by atoms with van der Waals surface area (Å²) in [7, 11) is 0. The third-order valence-corrected chi connectivity index (χ3v) is 5.31. The molecular formula is C23H27N3O2. The summed E-state index contributed by atoms with van der Waals surface area (Å²) in [6.45, 7) is 8.23. The molecule has 0 spiro atoms. The summed E-state index contributed by atoms with van der Waals surface area (Å²) in [5, 5.41) is 0. The Balaban J connectivity index is 1.60. The van der Waals surface area contributed by atoms with E-state index >= 15 is 0 Å². The van der Waals surface area contributed by atoms with Crippen LogP contribution in [0, 0.1) is 0 Å². The third kappa shape index (κ3) is 3.61. The van der Waals surface area contributed by atoms with Gasteiger partial charge in [0.25, 0.3) is 0 Å². The van der Waals surface area contributed by atoms with Crippen molar-refractivity contribution in [3.05, 3.63) is 60.4 Å². The number of carbonyl (C=O) groups excluding carboxylic acids is 1. The van der Waals surface area contributed by atoms with Gasteiger partial charge in [-0.25, -0.2) is 4.98 Å². The van der Waals surface area contributed by atoms with E-state index in [-0.39, 0.29) is 17.4 Å². The Kier molecular flexibility index (Phi) is 4.84. The Morgan fingerprint density at radius 2 is 1.79 bits per heavy atom. The van der Waals surface area contributed by atoms with Crippen molar-refractivity contribution < 1.29 is 9.53 Å². The number of carbonyl (C=O) groups is 1. The lowest BCUT2D eigenvalue weighted by Crippen LogP contribution is -2.42. The van der Waals surface area contributed by atoms with E-state index in [0.29, 0.717) is 26.1 Å². The molecule has 1 amide bonds. The van der Waals surface area contributed by atoms with Gasteiger partial charge in [-0.3, -0.25) is 4.79 Å². The number of hydrogen-bond acceptors (Lipinski definition) is 3. The first-order chi connectivity index (χ1) is 13.4. The van der Waals surface area contributed by atoms with Crippen LogP contribution in [-0.2, 0) is 11.3 Å². The van der Waals surface area contributed by atoms with Gasteiger partial charge in [0.05, 0.1) is 17.6 Å². The Morgan fingerprint density at radius 3 is 2.50 bits per heavy atom. The van der Waals surface area contributed by atoms with E-state index in [1.54, 1.807) is 0 Å². The maximum Gasteiger partial charge on any atom is 0.223 e. The first-order valence-electron chi connectivity index (χ1n) is 9.87. The molecule has 3 aromatic rings. The van der Waals surface area contributed by atoms with E-state index in [1.807, 2.05) is 53.4 Å². The fourth-order valence-electron chi connectivity index (χ4n) is 3.94. The Hall–Kier alpha value is -2.82. The number of nitrogens with zero attached hydrogens (tertiary/aromatic N) is 3. The molecule has 2 heterocycles. The topological polar surface area (TPSA) is 47.4 Å². The number of fused-ring (bicyclic) bond motifs is 1. The number of hydrogen-bond donors (Lipinski definition) is 0. The molecular weight excluding hydrogens is 350 g/mol. The van der Waals surface area contributed by atoms with Crippen molar-refractivity contribution in [2.45, 2.75) is 45.2 Å². The lowest BCUT2D eigenvalue weighted by atomic mass is 10.1. The van der Waals surface area contributed by atoms with Crippen molar-refractivity contribution >= 4 is 16.9 Å². The van der Waals surface area contributed by atoms with E-state index in [2.05, 4.69) is 31.4 Å². The van der Waals surface area contributed by atoms with Crippen LogP contribution in [-0.4, -0.2) is 39.0 Å². The molecule has 4 rings (SSSR count). The van der Waals surface area contributed by atoms with Gasteiger partial charge in [0.2, 0.25) is 5.91 Å². The van der Waals surface area contributed by atoms with Crippen LogP contribution in [0.4, 0.5) is 0 Å². The molecule has 0 bridgehead atoms. The fourth-order valence-corrected chi connectivity index (χ4v) is 3.94. The number of imidazole rings is 1. The highest BCUT2D eigenvalue weighted by Gasteiger charge is 2.38. The van der Waals surface area contributed by atoms with Crippen LogP contribution >= 0.6 is 0 Å². The number of para-hydroxylation sites is 3. The number of likely N-dealkylation sites (tertiary alicyclic amines) is 1. The highest BCUT2D eigenvalue weighted by atomic mass is 16.5. The van der Waals surface area contributed by atoms with Crippen molar-refractivity contribution in [3.8, 4) is 5.75 Å². The van der Waals surface area contributed by atoms with Crippen LogP contribution in [0.3, 0.4) is 0 Å². The number of aromatic nitrogens is 2. The normalized spacial score (nSPS) is 17.5. The van der Waals surface area contributed by atoms with E-state index in [0.717, 1.165) is 22.6 Å². The molecule has 1 aliphatic rings. The van der Waals surface area contributed by atoms with Gasteiger partial charge in [-0.1, -0.05) is 30.3 Å². The van der Waals surface area contributed by atoms with Crippen LogP contribution in [0.1, 0.15) is 38.9 Å². The molecule has 0 N–H and O–H groups in total. The molecule has 0 saturated carbocycles. The van der Waals surface area contributed by atoms with Crippen LogP contribution in [0.15, 0.2) is 54.6 Å². The van der Waals surface area contributed by atoms with Crippen LogP contribution < -0.4 is 4.74 Å². The molecule has 1 atom stereocenters. The average molecular weight is 377 g/mol. The van der Waals surface area contributed by atoms with Crippen LogP contribution in [0.5, 0.6) is 5.75 Å². The predicted molar refractivity (Wildman–Crippen MR) is 110 cm³/mol. The zero-order chi connectivity index (χ0) is 19.7. The number of ether oxygens (including phenoxy) is 1. The average Bonchev–Trinajstić information content (AvgIpc) is 3.23. The zero-order valence-corrected chi connectivity index (χ0v) is 16.8. The van der Waals surface area contributed by atoms with Crippen molar-refractivity contribution in [3.63, 3.8) is 0 Å². The summed E-state index contributed by atoms with van der Waals surface area (Å²) in [5.41, 5.74) is 1.90. The van der Waals surface area contributed by atoms with Gasteiger partial charge >= 0.3 is 0 Å². The molecule has 1 aliphatic heterocycles. The van der Waals surface area contributed by atoms with Crippen molar-refractivity contribution in [2.75, 3.05) is 13.2 Å². The molecule has 1 fully saturated rings. The number of benzene rings is 2. The van der Waals surface area contributed by atoms with E-state index in [1.165, 1.54) is 0 Å². The monoisotopic (exact) mass is 377 g/mol. The van der Waals surface area contributed by atoms with Gasteiger partial charge in [-0.2, -0.15) is 0 Å². The Labute approximate surface area is 165 Å². The second-order valence-corrected chi connectivity index (χ2v) is 8.35. The Bertz CT molecular complexity index is 972. The highest BCUT2D eigenvalue weighted by molar-refractivity contribution is 5.81. The number of rotatable bonds is 5. The molecule has 2 aromatic carbocycles. The molecule has 0 unspecified atom stereocenters. The van der Waals surface area contributed by atoms with Gasteiger partial charge in [0.1, 0.15) is 18.2 Å². The van der Waals surface area contributed by atoms with Crippen LogP contribution in [0.25, 0.3) is 11.0 Å². The van der Waals surface area contributed by atoms with Crippen molar-refractivity contribution in [1.29, 1.82) is 0 Å². The summed E-state index contributed by atoms with van der Waals surface area (Å²) in [6, 6.07) is 18.0. The maximum atomic E-state index is 12.6. The molecule has 0 aliphatic carbocycles. The van der Waals surface area contributed by atoms with Gasteiger partial charge < -0.3 is 14.2 Å². The van der Waals surface area contributed by atoms with Gasteiger partial charge in [0.15, 0.2) is 0 Å². The molecule has 5 heteroatoms. The zero-order valence-electron chi connectivity index (χ0n) is 16.8. The quantitative estimate of drug-likeness (QED) is 0.668. The lowest BCUT2D eigenvalue weighted by molar-refractivity contribution is -0.131. The first kappa shape index (κ1) is 18.5. The SMILES string of the molecule is CC(C)(C)N1C[C@@H](c2nc3ccccc3n2CCOc2ccccc2)CC1=O. The second-order valence-electron chi connectivity index (χ2n) is 8.35. The van der Waals surface area contributed by atoms with E-state index in [4.69, 9.17) is 9.72 Å². The molecule has 146 valence electrons. The molecule has 0 radical (unpaired) electrons. The van der Waals surface area contributed by atoms with Crippen molar-refractivity contribution in [1.82, 2.24) is 14.5 Å².